The predicted molar refractivity (Wildman–Crippen MR) is 71.3 cm³/mol. The first-order valence-electron chi connectivity index (χ1n) is 6.05. The van der Waals surface area contributed by atoms with Crippen molar-refractivity contribution in [3.05, 3.63) is 52.0 Å². The highest BCUT2D eigenvalue weighted by Crippen LogP contribution is 2.29. The van der Waals surface area contributed by atoms with Crippen molar-refractivity contribution >= 4 is 11.3 Å². The molecule has 2 aromatic rings. The maximum absolute atomic E-state index is 4.45. The zero-order chi connectivity index (χ0) is 11.7. The Kier molecular flexibility index (Phi) is 2.95. The Morgan fingerprint density at radius 2 is 2.06 bits per heavy atom. The number of nitrogens with one attached hydrogen (secondary N) is 1. The van der Waals surface area contributed by atoms with Gasteiger partial charge in [-0.2, -0.15) is 0 Å². The van der Waals surface area contributed by atoms with Gasteiger partial charge >= 0.3 is 0 Å². The van der Waals surface area contributed by atoms with E-state index in [4.69, 9.17) is 0 Å². The Labute approximate surface area is 106 Å². The third-order valence-electron chi connectivity index (χ3n) is 3.09. The fourth-order valence-corrected chi connectivity index (χ4v) is 2.65. The molecule has 88 valence electrons. The van der Waals surface area contributed by atoms with E-state index in [0.717, 1.165) is 0 Å². The zero-order valence-corrected chi connectivity index (χ0v) is 10.7. The van der Waals surface area contributed by atoms with E-state index in [-0.39, 0.29) is 6.04 Å². The monoisotopic (exact) mass is 244 g/mol. The zero-order valence-electron chi connectivity index (χ0n) is 9.89. The summed E-state index contributed by atoms with van der Waals surface area (Å²) >= 11 is 1.73. The van der Waals surface area contributed by atoms with Crippen molar-refractivity contribution in [1.82, 2.24) is 10.3 Å². The van der Waals surface area contributed by atoms with E-state index < -0.39 is 0 Å². The number of nitrogens with zero attached hydrogens (tertiary/aromatic N) is 1. The van der Waals surface area contributed by atoms with Crippen LogP contribution >= 0.6 is 11.3 Å². The van der Waals surface area contributed by atoms with Gasteiger partial charge in [-0.25, -0.2) is 4.98 Å². The molecule has 3 heteroatoms. The lowest BCUT2D eigenvalue weighted by Crippen LogP contribution is -2.24. The van der Waals surface area contributed by atoms with Crippen molar-refractivity contribution < 1.29 is 0 Å². The minimum atomic E-state index is 0.267. The molecule has 0 spiro atoms. The van der Waals surface area contributed by atoms with Gasteiger partial charge in [0.15, 0.2) is 0 Å². The van der Waals surface area contributed by atoms with E-state index in [2.05, 4.69) is 41.5 Å². The van der Waals surface area contributed by atoms with Crippen LogP contribution < -0.4 is 5.32 Å². The van der Waals surface area contributed by atoms with Gasteiger partial charge in [-0.15, -0.1) is 11.3 Å². The van der Waals surface area contributed by atoms with Crippen molar-refractivity contribution in [3.8, 4) is 0 Å². The van der Waals surface area contributed by atoms with E-state index in [1.54, 1.807) is 11.3 Å². The lowest BCUT2D eigenvalue weighted by Gasteiger charge is -2.16. The Morgan fingerprint density at radius 3 is 2.65 bits per heavy atom. The summed E-state index contributed by atoms with van der Waals surface area (Å²) in [6, 6.07) is 9.70. The Bertz CT molecular complexity index is 471. The van der Waals surface area contributed by atoms with Gasteiger partial charge in [0.05, 0.1) is 6.04 Å². The number of rotatable bonds is 4. The molecular formula is C14H16N2S. The quantitative estimate of drug-likeness (QED) is 0.892. The molecule has 1 N–H and O–H groups in total. The first-order chi connectivity index (χ1) is 8.33. The normalized spacial score (nSPS) is 17.0. The minimum Gasteiger partial charge on any atom is -0.301 e. The molecule has 1 fully saturated rings. The average molecular weight is 244 g/mol. The summed E-state index contributed by atoms with van der Waals surface area (Å²) < 4.78 is 0. The standard InChI is InChI=1S/C14H16N2S/c1-10-2-4-11(5-3-10)13(16-12-6-7-12)14-15-8-9-17-14/h2-5,8-9,12-13,16H,6-7H2,1H3. The average Bonchev–Trinajstić information content (AvgIpc) is 3.00. The number of benzene rings is 1. The molecule has 1 aromatic carbocycles. The topological polar surface area (TPSA) is 24.9 Å². The number of thiazole rings is 1. The smallest absolute Gasteiger partial charge is 0.114 e. The summed E-state index contributed by atoms with van der Waals surface area (Å²) in [5, 5.41) is 6.89. The molecule has 17 heavy (non-hydrogen) atoms. The van der Waals surface area contributed by atoms with Crippen LogP contribution in [-0.2, 0) is 0 Å². The molecule has 1 atom stereocenters. The van der Waals surface area contributed by atoms with Crippen LogP contribution in [0.1, 0.15) is 35.0 Å². The van der Waals surface area contributed by atoms with Crippen LogP contribution in [0.3, 0.4) is 0 Å². The van der Waals surface area contributed by atoms with Crippen LogP contribution in [0.15, 0.2) is 35.8 Å². The molecule has 0 amide bonds. The minimum absolute atomic E-state index is 0.267. The summed E-state index contributed by atoms with van der Waals surface area (Å²) in [5.74, 6) is 0. The third kappa shape index (κ3) is 2.56. The summed E-state index contributed by atoms with van der Waals surface area (Å²) in [7, 11) is 0. The summed E-state index contributed by atoms with van der Waals surface area (Å²) in [5.41, 5.74) is 2.62. The van der Waals surface area contributed by atoms with Crippen molar-refractivity contribution in [2.24, 2.45) is 0 Å². The molecule has 1 aromatic heterocycles. The second-order valence-corrected chi connectivity index (χ2v) is 5.58. The molecule has 1 unspecified atom stereocenters. The highest BCUT2D eigenvalue weighted by Gasteiger charge is 2.27. The van der Waals surface area contributed by atoms with E-state index >= 15 is 0 Å². The van der Waals surface area contributed by atoms with Gasteiger partial charge in [0.1, 0.15) is 5.01 Å². The molecule has 3 rings (SSSR count). The van der Waals surface area contributed by atoms with Gasteiger partial charge in [-0.1, -0.05) is 29.8 Å². The number of aryl methyl sites for hydroxylation is 1. The third-order valence-corrected chi connectivity index (χ3v) is 3.93. The Balaban J connectivity index is 1.89. The first kappa shape index (κ1) is 10.9. The van der Waals surface area contributed by atoms with E-state index in [1.165, 1.54) is 29.0 Å². The molecule has 0 aliphatic heterocycles. The number of aromatic nitrogens is 1. The van der Waals surface area contributed by atoms with Gasteiger partial charge in [-0.3, -0.25) is 0 Å². The Morgan fingerprint density at radius 1 is 1.29 bits per heavy atom. The lowest BCUT2D eigenvalue weighted by molar-refractivity contribution is 0.598. The summed E-state index contributed by atoms with van der Waals surface area (Å²) in [4.78, 5) is 4.45. The van der Waals surface area contributed by atoms with Gasteiger partial charge in [0.2, 0.25) is 0 Å². The molecule has 1 heterocycles. The summed E-state index contributed by atoms with van der Waals surface area (Å²) in [6.45, 7) is 2.12. The molecule has 0 saturated heterocycles. The molecule has 0 radical (unpaired) electrons. The van der Waals surface area contributed by atoms with Gasteiger partial charge < -0.3 is 5.32 Å². The van der Waals surface area contributed by atoms with Crippen molar-refractivity contribution in [3.63, 3.8) is 0 Å². The van der Waals surface area contributed by atoms with Gasteiger partial charge in [-0.05, 0) is 25.3 Å². The van der Waals surface area contributed by atoms with Crippen LogP contribution in [0.4, 0.5) is 0 Å². The van der Waals surface area contributed by atoms with Crippen LogP contribution in [-0.4, -0.2) is 11.0 Å². The lowest BCUT2D eigenvalue weighted by atomic mass is 10.1. The molecule has 2 nitrogen and oxygen atoms in total. The van der Waals surface area contributed by atoms with Crippen molar-refractivity contribution in [2.75, 3.05) is 0 Å². The Hall–Kier alpha value is -1.19. The highest BCUT2D eigenvalue weighted by atomic mass is 32.1. The van der Waals surface area contributed by atoms with E-state index in [9.17, 15) is 0 Å². The number of hydrogen-bond donors (Lipinski definition) is 1. The second kappa shape index (κ2) is 4.59. The largest absolute Gasteiger partial charge is 0.301 e. The van der Waals surface area contributed by atoms with Gasteiger partial charge in [0, 0.05) is 17.6 Å². The number of hydrogen-bond acceptors (Lipinski definition) is 3. The van der Waals surface area contributed by atoms with Crippen LogP contribution in [0.5, 0.6) is 0 Å². The molecule has 0 bridgehead atoms. The van der Waals surface area contributed by atoms with Gasteiger partial charge in [0.25, 0.3) is 0 Å². The van der Waals surface area contributed by atoms with Crippen LogP contribution in [0, 0.1) is 6.92 Å². The SMILES string of the molecule is Cc1ccc(C(NC2CC2)c2nccs2)cc1. The summed E-state index contributed by atoms with van der Waals surface area (Å²) in [6.07, 6.45) is 4.48. The predicted octanol–water partition coefficient (Wildman–Crippen LogP) is 3.29. The fraction of sp³-hybridized carbons (Fsp3) is 0.357. The molecule has 1 aliphatic rings. The maximum Gasteiger partial charge on any atom is 0.114 e. The first-order valence-corrected chi connectivity index (χ1v) is 6.93. The molecule has 1 saturated carbocycles. The van der Waals surface area contributed by atoms with Crippen LogP contribution in [0.2, 0.25) is 0 Å². The van der Waals surface area contributed by atoms with E-state index in [1.807, 2.05) is 11.6 Å². The van der Waals surface area contributed by atoms with Crippen LogP contribution in [0.25, 0.3) is 0 Å². The highest BCUT2D eigenvalue weighted by molar-refractivity contribution is 7.09. The van der Waals surface area contributed by atoms with Crippen molar-refractivity contribution in [2.45, 2.75) is 31.8 Å². The maximum atomic E-state index is 4.45. The fourth-order valence-electron chi connectivity index (χ4n) is 1.93. The molecular weight excluding hydrogens is 228 g/mol. The molecule has 1 aliphatic carbocycles. The van der Waals surface area contributed by atoms with Crippen molar-refractivity contribution in [1.29, 1.82) is 0 Å². The van der Waals surface area contributed by atoms with E-state index in [0.29, 0.717) is 6.04 Å². The second-order valence-electron chi connectivity index (χ2n) is 4.65.